The molecule has 1 aromatic heterocycles. The highest BCUT2D eigenvalue weighted by Gasteiger charge is 2.16. The maximum absolute atomic E-state index is 11.5. The Hall–Kier alpha value is -1.33. The Bertz CT molecular complexity index is 433. The van der Waals surface area contributed by atoms with Crippen LogP contribution < -0.4 is 10.6 Å². The van der Waals surface area contributed by atoms with Gasteiger partial charge in [-0.3, -0.25) is 0 Å². The molecular formula is C12H16ClN3O2. The predicted octanol–water partition coefficient (Wildman–Crippen LogP) is 1.69. The van der Waals surface area contributed by atoms with E-state index in [0.717, 1.165) is 25.9 Å². The molecule has 6 heteroatoms. The van der Waals surface area contributed by atoms with Gasteiger partial charge >= 0.3 is 5.97 Å². The number of pyridine rings is 1. The number of halogens is 1. The Morgan fingerprint density at radius 1 is 1.56 bits per heavy atom. The van der Waals surface area contributed by atoms with E-state index in [1.165, 1.54) is 13.3 Å². The van der Waals surface area contributed by atoms with E-state index < -0.39 is 5.97 Å². The van der Waals surface area contributed by atoms with Crippen molar-refractivity contribution in [2.75, 3.05) is 25.5 Å². The third kappa shape index (κ3) is 3.11. The first kappa shape index (κ1) is 13.1. The van der Waals surface area contributed by atoms with Crippen molar-refractivity contribution in [2.24, 2.45) is 0 Å². The molecule has 2 N–H and O–H groups in total. The topological polar surface area (TPSA) is 63.2 Å². The Labute approximate surface area is 111 Å². The molecule has 0 atom stereocenters. The summed E-state index contributed by atoms with van der Waals surface area (Å²) in [6, 6.07) is 2.02. The van der Waals surface area contributed by atoms with Crippen LogP contribution in [-0.4, -0.2) is 37.2 Å². The lowest BCUT2D eigenvalue weighted by Gasteiger charge is -2.24. The molecule has 1 fully saturated rings. The highest BCUT2D eigenvalue weighted by Crippen LogP contribution is 2.20. The smallest absolute Gasteiger partial charge is 0.339 e. The third-order valence-electron chi connectivity index (χ3n) is 2.95. The molecule has 0 unspecified atom stereocenters. The van der Waals surface area contributed by atoms with Gasteiger partial charge in [0.15, 0.2) is 0 Å². The molecule has 0 bridgehead atoms. The van der Waals surface area contributed by atoms with Crippen LogP contribution in [0.5, 0.6) is 0 Å². The lowest BCUT2D eigenvalue weighted by atomic mass is 10.1. The summed E-state index contributed by atoms with van der Waals surface area (Å²) in [6.07, 6.45) is 3.55. The number of hydrogen-bond donors (Lipinski definition) is 2. The molecule has 0 amide bonds. The Morgan fingerprint density at radius 2 is 2.28 bits per heavy atom. The van der Waals surface area contributed by atoms with Gasteiger partial charge in [0.2, 0.25) is 0 Å². The summed E-state index contributed by atoms with van der Waals surface area (Å²) in [7, 11) is 1.33. The second-order valence-corrected chi connectivity index (χ2v) is 4.62. The van der Waals surface area contributed by atoms with E-state index in [-0.39, 0.29) is 0 Å². The molecule has 2 rings (SSSR count). The zero-order valence-corrected chi connectivity index (χ0v) is 11.0. The molecule has 0 radical (unpaired) electrons. The van der Waals surface area contributed by atoms with Crippen LogP contribution in [0.3, 0.4) is 0 Å². The Balaban J connectivity index is 2.11. The molecule has 5 nitrogen and oxygen atoms in total. The molecule has 0 aliphatic carbocycles. The Kier molecular flexibility index (Phi) is 4.38. The summed E-state index contributed by atoms with van der Waals surface area (Å²) in [4.78, 5) is 15.7. The highest BCUT2D eigenvalue weighted by atomic mass is 35.5. The number of nitrogens with one attached hydrogen (secondary N) is 2. The zero-order valence-electron chi connectivity index (χ0n) is 10.2. The van der Waals surface area contributed by atoms with Crippen molar-refractivity contribution >= 4 is 23.4 Å². The lowest BCUT2D eigenvalue weighted by molar-refractivity contribution is 0.0601. The number of carbonyl (C=O) groups excluding carboxylic acids is 1. The van der Waals surface area contributed by atoms with E-state index in [1.54, 1.807) is 6.07 Å². The van der Waals surface area contributed by atoms with Crippen LogP contribution in [0.25, 0.3) is 0 Å². The average molecular weight is 270 g/mol. The van der Waals surface area contributed by atoms with E-state index >= 15 is 0 Å². The summed E-state index contributed by atoms with van der Waals surface area (Å²) in [5.41, 5.74) is 0.339. The summed E-state index contributed by atoms with van der Waals surface area (Å²) >= 11 is 5.91. The normalized spacial score (nSPS) is 16.3. The van der Waals surface area contributed by atoms with Crippen molar-refractivity contribution in [1.29, 1.82) is 0 Å². The van der Waals surface area contributed by atoms with Crippen LogP contribution in [0.4, 0.5) is 5.82 Å². The molecule has 1 aliphatic rings. The SMILES string of the molecule is COC(=O)c1cc(NC2CCNCC2)ncc1Cl. The molecule has 0 saturated carbocycles. The fourth-order valence-electron chi connectivity index (χ4n) is 1.96. The van der Waals surface area contributed by atoms with Gasteiger partial charge in [0.05, 0.1) is 17.7 Å². The standard InChI is InChI=1S/C12H16ClN3O2/c1-18-12(17)9-6-11(15-7-10(9)13)16-8-2-4-14-5-3-8/h6-8,14H,2-5H2,1H3,(H,15,16). The van der Waals surface area contributed by atoms with E-state index in [0.29, 0.717) is 22.4 Å². The molecule has 1 aliphatic heterocycles. The third-order valence-corrected chi connectivity index (χ3v) is 3.25. The number of aromatic nitrogens is 1. The second-order valence-electron chi connectivity index (χ2n) is 4.21. The van der Waals surface area contributed by atoms with Gasteiger partial charge in [0.25, 0.3) is 0 Å². The molecule has 98 valence electrons. The summed E-state index contributed by atoms with van der Waals surface area (Å²) in [5.74, 6) is 0.211. The minimum absolute atomic E-state index is 0.303. The largest absolute Gasteiger partial charge is 0.465 e. The van der Waals surface area contributed by atoms with Crippen LogP contribution in [-0.2, 0) is 4.74 Å². The van der Waals surface area contributed by atoms with Crippen molar-refractivity contribution in [1.82, 2.24) is 10.3 Å². The van der Waals surface area contributed by atoms with Gasteiger partial charge in [-0.1, -0.05) is 11.6 Å². The van der Waals surface area contributed by atoms with Gasteiger partial charge in [-0.2, -0.15) is 0 Å². The maximum atomic E-state index is 11.5. The first-order chi connectivity index (χ1) is 8.70. The average Bonchev–Trinajstić information content (AvgIpc) is 2.41. The second kappa shape index (κ2) is 6.02. The molecular weight excluding hydrogens is 254 g/mol. The summed E-state index contributed by atoms with van der Waals surface area (Å²) < 4.78 is 4.67. The summed E-state index contributed by atoms with van der Waals surface area (Å²) in [6.45, 7) is 1.99. The molecule has 2 heterocycles. The predicted molar refractivity (Wildman–Crippen MR) is 70.1 cm³/mol. The van der Waals surface area contributed by atoms with Gasteiger partial charge in [-0.15, -0.1) is 0 Å². The van der Waals surface area contributed by atoms with Gasteiger partial charge in [0, 0.05) is 12.2 Å². The van der Waals surface area contributed by atoms with Crippen LogP contribution in [0.1, 0.15) is 23.2 Å². The number of nitrogens with zero attached hydrogens (tertiary/aromatic N) is 1. The first-order valence-corrected chi connectivity index (χ1v) is 6.29. The number of rotatable bonds is 3. The monoisotopic (exact) mass is 269 g/mol. The quantitative estimate of drug-likeness (QED) is 0.818. The van der Waals surface area contributed by atoms with Gasteiger partial charge < -0.3 is 15.4 Å². The van der Waals surface area contributed by atoms with Crippen LogP contribution in [0, 0.1) is 0 Å². The number of ether oxygens (including phenoxy) is 1. The van der Waals surface area contributed by atoms with Crippen molar-refractivity contribution in [2.45, 2.75) is 18.9 Å². The van der Waals surface area contributed by atoms with E-state index in [2.05, 4.69) is 20.4 Å². The number of hydrogen-bond acceptors (Lipinski definition) is 5. The number of piperidine rings is 1. The molecule has 0 spiro atoms. The first-order valence-electron chi connectivity index (χ1n) is 5.92. The van der Waals surface area contributed by atoms with Gasteiger partial charge in [-0.25, -0.2) is 9.78 Å². The molecule has 1 saturated heterocycles. The lowest BCUT2D eigenvalue weighted by Crippen LogP contribution is -2.35. The molecule has 18 heavy (non-hydrogen) atoms. The number of carbonyl (C=O) groups is 1. The van der Waals surface area contributed by atoms with Crippen molar-refractivity contribution in [3.63, 3.8) is 0 Å². The fourth-order valence-corrected chi connectivity index (χ4v) is 2.14. The van der Waals surface area contributed by atoms with Crippen molar-refractivity contribution in [3.05, 3.63) is 22.8 Å². The molecule has 1 aromatic rings. The zero-order chi connectivity index (χ0) is 13.0. The van der Waals surface area contributed by atoms with Crippen LogP contribution in [0.15, 0.2) is 12.3 Å². The van der Waals surface area contributed by atoms with Gasteiger partial charge in [-0.05, 0) is 32.0 Å². The number of methoxy groups -OCH3 is 1. The minimum Gasteiger partial charge on any atom is -0.465 e. The van der Waals surface area contributed by atoms with Crippen LogP contribution >= 0.6 is 11.6 Å². The molecule has 0 aromatic carbocycles. The van der Waals surface area contributed by atoms with Crippen LogP contribution in [0.2, 0.25) is 5.02 Å². The van der Waals surface area contributed by atoms with E-state index in [4.69, 9.17) is 11.6 Å². The number of esters is 1. The highest BCUT2D eigenvalue weighted by molar-refractivity contribution is 6.33. The minimum atomic E-state index is -0.448. The van der Waals surface area contributed by atoms with Gasteiger partial charge in [0.1, 0.15) is 5.82 Å². The number of anilines is 1. The van der Waals surface area contributed by atoms with Crippen molar-refractivity contribution in [3.8, 4) is 0 Å². The maximum Gasteiger partial charge on any atom is 0.339 e. The summed E-state index contributed by atoms with van der Waals surface area (Å²) in [5, 5.41) is 6.91. The van der Waals surface area contributed by atoms with Crippen molar-refractivity contribution < 1.29 is 9.53 Å². The fraction of sp³-hybridized carbons (Fsp3) is 0.500. The Morgan fingerprint density at radius 3 is 2.94 bits per heavy atom. The van der Waals surface area contributed by atoms with E-state index in [1.807, 2.05) is 0 Å². The van der Waals surface area contributed by atoms with E-state index in [9.17, 15) is 4.79 Å².